The number of thiophene rings is 1. The second kappa shape index (κ2) is 9.04. The first kappa shape index (κ1) is 18.7. The Bertz CT molecular complexity index is 910. The molecule has 9 heteroatoms. The average Bonchev–Trinajstić information content (AvgIpc) is 3.33. The van der Waals surface area contributed by atoms with Gasteiger partial charge in [0.15, 0.2) is 5.69 Å². The van der Waals surface area contributed by atoms with Crippen molar-refractivity contribution in [1.29, 1.82) is 0 Å². The van der Waals surface area contributed by atoms with E-state index in [1.54, 1.807) is 29.5 Å². The molecule has 0 unspecified atom stereocenters. The van der Waals surface area contributed by atoms with Gasteiger partial charge in [-0.05, 0) is 23.1 Å². The van der Waals surface area contributed by atoms with Gasteiger partial charge < -0.3 is 10.6 Å². The van der Waals surface area contributed by atoms with Gasteiger partial charge in [0.1, 0.15) is 5.82 Å². The highest BCUT2D eigenvalue weighted by Gasteiger charge is 2.11. The maximum Gasteiger partial charge on any atom is 0.273 e. The van der Waals surface area contributed by atoms with Crippen molar-refractivity contribution >= 4 is 23.2 Å². The van der Waals surface area contributed by atoms with Crippen LogP contribution < -0.4 is 10.6 Å². The molecule has 3 aromatic rings. The van der Waals surface area contributed by atoms with Crippen LogP contribution in [0.2, 0.25) is 0 Å². The van der Waals surface area contributed by atoms with Crippen molar-refractivity contribution in [2.24, 2.45) is 0 Å². The number of hydrogen-bond acceptors (Lipinski definition) is 5. The summed E-state index contributed by atoms with van der Waals surface area (Å²) in [6, 6.07) is 10.0. The van der Waals surface area contributed by atoms with Crippen LogP contribution in [0, 0.1) is 5.82 Å². The second-order valence-electron chi connectivity index (χ2n) is 5.75. The normalized spacial score (nSPS) is 10.6. The Balaban J connectivity index is 1.42. The van der Waals surface area contributed by atoms with Gasteiger partial charge in [0.05, 0.1) is 25.7 Å². The molecule has 0 radical (unpaired) electrons. The molecule has 140 valence electrons. The lowest BCUT2D eigenvalue weighted by molar-refractivity contribution is -0.120. The molecule has 2 heterocycles. The fraction of sp³-hybridized carbons (Fsp3) is 0.222. The number of nitrogens with one attached hydrogen (secondary N) is 2. The number of carbonyl (C=O) groups excluding carboxylic acids is 2. The van der Waals surface area contributed by atoms with Crippen LogP contribution in [0.15, 0.2) is 48.0 Å². The van der Waals surface area contributed by atoms with E-state index in [1.165, 1.54) is 16.9 Å². The highest BCUT2D eigenvalue weighted by atomic mass is 32.1. The average molecular weight is 387 g/mol. The molecule has 0 bridgehead atoms. The molecule has 0 saturated heterocycles. The molecule has 2 aromatic heterocycles. The van der Waals surface area contributed by atoms with Gasteiger partial charge in [-0.15, -0.1) is 16.4 Å². The highest BCUT2D eigenvalue weighted by molar-refractivity contribution is 7.09. The summed E-state index contributed by atoms with van der Waals surface area (Å²) in [5.41, 5.74) is 0.560. The summed E-state index contributed by atoms with van der Waals surface area (Å²) in [5.74, 6) is -0.991. The molecule has 1 aromatic carbocycles. The van der Waals surface area contributed by atoms with Crippen molar-refractivity contribution in [3.63, 3.8) is 0 Å². The lowest BCUT2D eigenvalue weighted by Crippen LogP contribution is -2.29. The molecule has 2 amide bonds. The van der Waals surface area contributed by atoms with Gasteiger partial charge in [-0.1, -0.05) is 29.5 Å². The number of amides is 2. The maximum absolute atomic E-state index is 13.5. The third-order valence-electron chi connectivity index (χ3n) is 3.75. The predicted molar refractivity (Wildman–Crippen MR) is 98.6 cm³/mol. The van der Waals surface area contributed by atoms with Crippen molar-refractivity contribution in [2.45, 2.75) is 19.5 Å². The second-order valence-corrected chi connectivity index (χ2v) is 6.78. The van der Waals surface area contributed by atoms with E-state index in [-0.39, 0.29) is 23.9 Å². The number of carbonyl (C=O) groups is 2. The Kier molecular flexibility index (Phi) is 6.26. The molecule has 0 atom stereocenters. The van der Waals surface area contributed by atoms with Crippen LogP contribution in [0.25, 0.3) is 0 Å². The highest BCUT2D eigenvalue weighted by Crippen LogP contribution is 2.08. The predicted octanol–water partition coefficient (Wildman–Crippen LogP) is 1.77. The summed E-state index contributed by atoms with van der Waals surface area (Å²) in [4.78, 5) is 25.0. The van der Waals surface area contributed by atoms with Crippen LogP contribution in [0.1, 0.15) is 20.9 Å². The van der Waals surface area contributed by atoms with E-state index in [1.807, 2.05) is 17.5 Å². The van der Waals surface area contributed by atoms with Crippen LogP contribution in [-0.4, -0.2) is 33.4 Å². The van der Waals surface area contributed by atoms with Crippen molar-refractivity contribution in [3.8, 4) is 0 Å². The number of hydrogen-bond donors (Lipinski definition) is 2. The van der Waals surface area contributed by atoms with Gasteiger partial charge in [-0.3, -0.25) is 9.59 Å². The Morgan fingerprint density at radius 1 is 1.15 bits per heavy atom. The molecule has 0 aliphatic rings. The van der Waals surface area contributed by atoms with Gasteiger partial charge >= 0.3 is 0 Å². The van der Waals surface area contributed by atoms with E-state index in [0.717, 1.165) is 4.88 Å². The molecule has 0 spiro atoms. The Morgan fingerprint density at radius 2 is 2.00 bits per heavy atom. The van der Waals surface area contributed by atoms with Gasteiger partial charge in [0, 0.05) is 11.4 Å². The van der Waals surface area contributed by atoms with E-state index in [4.69, 9.17) is 0 Å². The minimum Gasteiger partial charge on any atom is -0.354 e. The zero-order chi connectivity index (χ0) is 19.1. The molecule has 3 rings (SSSR count). The van der Waals surface area contributed by atoms with Crippen molar-refractivity contribution < 1.29 is 14.0 Å². The van der Waals surface area contributed by atoms with Crippen molar-refractivity contribution in [2.75, 3.05) is 6.54 Å². The largest absolute Gasteiger partial charge is 0.354 e. The van der Waals surface area contributed by atoms with Crippen LogP contribution in [0.5, 0.6) is 0 Å². The number of benzene rings is 1. The van der Waals surface area contributed by atoms with E-state index >= 15 is 0 Å². The summed E-state index contributed by atoms with van der Waals surface area (Å²) in [6.45, 7) is 1.09. The molecule has 27 heavy (non-hydrogen) atoms. The van der Waals surface area contributed by atoms with Crippen LogP contribution in [0.4, 0.5) is 4.39 Å². The Labute approximate surface area is 159 Å². The molecule has 0 saturated carbocycles. The summed E-state index contributed by atoms with van der Waals surface area (Å²) < 4.78 is 15.0. The number of rotatable bonds is 8. The smallest absolute Gasteiger partial charge is 0.273 e. The first-order valence-corrected chi connectivity index (χ1v) is 9.20. The molecule has 0 aliphatic carbocycles. The van der Waals surface area contributed by atoms with Gasteiger partial charge in [-0.25, -0.2) is 9.07 Å². The minimum absolute atomic E-state index is 0.0274. The first-order valence-electron chi connectivity index (χ1n) is 8.32. The van der Waals surface area contributed by atoms with Crippen LogP contribution >= 0.6 is 11.3 Å². The summed E-state index contributed by atoms with van der Waals surface area (Å²) >= 11 is 1.56. The first-order chi connectivity index (χ1) is 13.1. The zero-order valence-corrected chi connectivity index (χ0v) is 15.2. The third-order valence-corrected chi connectivity index (χ3v) is 4.62. The molecule has 0 aliphatic heterocycles. The molecular weight excluding hydrogens is 369 g/mol. The zero-order valence-electron chi connectivity index (χ0n) is 14.4. The lowest BCUT2D eigenvalue weighted by Gasteiger charge is -2.06. The monoisotopic (exact) mass is 387 g/mol. The van der Waals surface area contributed by atoms with E-state index < -0.39 is 5.82 Å². The standard InChI is InChI=1S/C18H18FN5O2S/c19-15-6-2-1-4-13(15)10-17(25)20-7-8-24-12-16(22-23-24)18(26)21-11-14-5-3-9-27-14/h1-6,9,12H,7-8,10-11H2,(H,20,25)(H,21,26). The molecular formula is C18H18FN5O2S. The summed E-state index contributed by atoms with van der Waals surface area (Å²) in [7, 11) is 0. The third kappa shape index (κ3) is 5.45. The van der Waals surface area contributed by atoms with E-state index in [0.29, 0.717) is 25.2 Å². The van der Waals surface area contributed by atoms with E-state index in [9.17, 15) is 14.0 Å². The van der Waals surface area contributed by atoms with Gasteiger partial charge in [0.2, 0.25) is 5.91 Å². The SMILES string of the molecule is O=C(Cc1ccccc1F)NCCn1cc(C(=O)NCc2cccs2)nn1. The Morgan fingerprint density at radius 3 is 2.78 bits per heavy atom. The topological polar surface area (TPSA) is 88.9 Å². The van der Waals surface area contributed by atoms with Gasteiger partial charge in [-0.2, -0.15) is 0 Å². The van der Waals surface area contributed by atoms with E-state index in [2.05, 4.69) is 20.9 Å². The quantitative estimate of drug-likeness (QED) is 0.617. The fourth-order valence-electron chi connectivity index (χ4n) is 2.37. The molecule has 0 fully saturated rings. The maximum atomic E-state index is 13.5. The van der Waals surface area contributed by atoms with Crippen LogP contribution in [0.3, 0.4) is 0 Å². The van der Waals surface area contributed by atoms with Crippen molar-refractivity contribution in [3.05, 3.63) is 69.9 Å². The Hall–Kier alpha value is -3.07. The minimum atomic E-state index is -0.401. The molecule has 7 nitrogen and oxygen atoms in total. The summed E-state index contributed by atoms with van der Waals surface area (Å²) in [6.07, 6.45) is 1.49. The van der Waals surface area contributed by atoms with Crippen LogP contribution in [-0.2, 0) is 24.3 Å². The molecule has 2 N–H and O–H groups in total. The fourth-order valence-corrected chi connectivity index (χ4v) is 3.01. The van der Waals surface area contributed by atoms with Crippen molar-refractivity contribution in [1.82, 2.24) is 25.6 Å². The number of aromatic nitrogens is 3. The lowest BCUT2D eigenvalue weighted by atomic mass is 10.1. The summed E-state index contributed by atoms with van der Waals surface area (Å²) in [5, 5.41) is 15.1. The van der Waals surface area contributed by atoms with Gasteiger partial charge in [0.25, 0.3) is 5.91 Å². The number of halogens is 1. The number of nitrogens with zero attached hydrogens (tertiary/aromatic N) is 3.